The lowest BCUT2D eigenvalue weighted by Crippen LogP contribution is -2.14. The van der Waals surface area contributed by atoms with Crippen molar-refractivity contribution in [2.45, 2.75) is 6.42 Å². The molecule has 0 aliphatic rings. The molecule has 0 bridgehead atoms. The first-order valence-corrected chi connectivity index (χ1v) is 5.66. The Morgan fingerprint density at radius 3 is 2.83 bits per heavy atom. The van der Waals surface area contributed by atoms with Gasteiger partial charge in [-0.25, -0.2) is 4.79 Å². The van der Waals surface area contributed by atoms with Gasteiger partial charge in [0.15, 0.2) is 5.75 Å². The van der Waals surface area contributed by atoms with Gasteiger partial charge in [0.1, 0.15) is 6.61 Å². The van der Waals surface area contributed by atoms with E-state index in [2.05, 4.69) is 16.5 Å². The zero-order valence-electron chi connectivity index (χ0n) is 9.93. The van der Waals surface area contributed by atoms with Crippen LogP contribution in [0.25, 0.3) is 0 Å². The van der Waals surface area contributed by atoms with E-state index in [4.69, 9.17) is 4.74 Å². The van der Waals surface area contributed by atoms with Crippen LogP contribution in [0.15, 0.2) is 54.0 Å². The second kappa shape index (κ2) is 5.82. The molecular formula is C14H14N2O2. The first-order chi connectivity index (χ1) is 8.79. The molecule has 92 valence electrons. The van der Waals surface area contributed by atoms with Crippen LogP contribution in [0.2, 0.25) is 0 Å². The van der Waals surface area contributed by atoms with Crippen LogP contribution in [-0.2, 0) is 6.42 Å². The van der Waals surface area contributed by atoms with E-state index in [1.54, 1.807) is 6.08 Å². The number of ether oxygens (including phenoxy) is 1. The SMILES string of the molecule is C=CCOc1c[nH]c(=O)nc1Cc1ccccc1. The quantitative estimate of drug-likeness (QED) is 0.815. The van der Waals surface area contributed by atoms with Crippen molar-refractivity contribution in [3.05, 3.63) is 70.9 Å². The van der Waals surface area contributed by atoms with Gasteiger partial charge in [-0.3, -0.25) is 0 Å². The van der Waals surface area contributed by atoms with Crippen LogP contribution in [0, 0.1) is 0 Å². The molecule has 2 rings (SSSR count). The zero-order chi connectivity index (χ0) is 12.8. The molecule has 0 radical (unpaired) electrons. The van der Waals surface area contributed by atoms with Crippen molar-refractivity contribution in [2.75, 3.05) is 6.61 Å². The molecule has 2 aromatic rings. The normalized spacial score (nSPS) is 10.0. The minimum atomic E-state index is -0.369. The summed E-state index contributed by atoms with van der Waals surface area (Å²) in [5.41, 5.74) is 1.35. The summed E-state index contributed by atoms with van der Waals surface area (Å²) in [5.74, 6) is 0.582. The lowest BCUT2D eigenvalue weighted by molar-refractivity contribution is 0.355. The molecule has 0 unspecified atom stereocenters. The van der Waals surface area contributed by atoms with Crippen molar-refractivity contribution in [1.82, 2.24) is 9.97 Å². The van der Waals surface area contributed by atoms with Crippen LogP contribution in [0.3, 0.4) is 0 Å². The fourth-order valence-electron chi connectivity index (χ4n) is 1.61. The van der Waals surface area contributed by atoms with Crippen molar-refractivity contribution in [3.63, 3.8) is 0 Å². The average Bonchev–Trinajstić information content (AvgIpc) is 2.39. The van der Waals surface area contributed by atoms with Gasteiger partial charge in [-0.2, -0.15) is 4.98 Å². The number of benzene rings is 1. The predicted molar refractivity (Wildman–Crippen MR) is 69.8 cm³/mol. The fourth-order valence-corrected chi connectivity index (χ4v) is 1.61. The van der Waals surface area contributed by atoms with Crippen molar-refractivity contribution < 1.29 is 4.74 Å². The standard InChI is InChI=1S/C14H14N2O2/c1-2-8-18-13-10-15-14(17)16-12(13)9-11-6-4-3-5-7-11/h2-7,10H,1,8-9H2,(H,15,16,17). The van der Waals surface area contributed by atoms with E-state index in [1.807, 2.05) is 30.3 Å². The Kier molecular flexibility index (Phi) is 3.91. The number of hydrogen-bond donors (Lipinski definition) is 1. The molecule has 18 heavy (non-hydrogen) atoms. The summed E-state index contributed by atoms with van der Waals surface area (Å²) in [7, 11) is 0. The number of aromatic nitrogens is 2. The summed E-state index contributed by atoms with van der Waals surface area (Å²) in [6, 6.07) is 9.82. The van der Waals surface area contributed by atoms with Crippen LogP contribution >= 0.6 is 0 Å². The van der Waals surface area contributed by atoms with Gasteiger partial charge in [0.05, 0.1) is 5.69 Å². The monoisotopic (exact) mass is 242 g/mol. The topological polar surface area (TPSA) is 55.0 Å². The van der Waals surface area contributed by atoms with E-state index in [0.29, 0.717) is 24.5 Å². The van der Waals surface area contributed by atoms with Gasteiger partial charge in [0.25, 0.3) is 0 Å². The third-order valence-electron chi connectivity index (χ3n) is 2.42. The molecule has 0 aliphatic carbocycles. The van der Waals surface area contributed by atoms with Crippen LogP contribution in [-0.4, -0.2) is 16.6 Å². The summed E-state index contributed by atoms with van der Waals surface area (Å²) in [6.07, 6.45) is 3.76. The summed E-state index contributed by atoms with van der Waals surface area (Å²) in [4.78, 5) is 17.7. The molecule has 1 aromatic heterocycles. The molecule has 0 fully saturated rings. The Morgan fingerprint density at radius 1 is 1.33 bits per heavy atom. The van der Waals surface area contributed by atoms with E-state index in [-0.39, 0.29) is 5.69 Å². The summed E-state index contributed by atoms with van der Waals surface area (Å²) >= 11 is 0. The number of hydrogen-bond acceptors (Lipinski definition) is 3. The zero-order valence-corrected chi connectivity index (χ0v) is 9.93. The van der Waals surface area contributed by atoms with Crippen molar-refractivity contribution in [2.24, 2.45) is 0 Å². The fraction of sp³-hybridized carbons (Fsp3) is 0.143. The van der Waals surface area contributed by atoms with Crippen LogP contribution in [0.5, 0.6) is 5.75 Å². The van der Waals surface area contributed by atoms with Gasteiger partial charge in [0, 0.05) is 12.6 Å². The second-order valence-corrected chi connectivity index (χ2v) is 3.78. The molecule has 4 nitrogen and oxygen atoms in total. The highest BCUT2D eigenvalue weighted by molar-refractivity contribution is 5.30. The number of nitrogens with zero attached hydrogens (tertiary/aromatic N) is 1. The Morgan fingerprint density at radius 2 is 2.11 bits per heavy atom. The smallest absolute Gasteiger partial charge is 0.345 e. The van der Waals surface area contributed by atoms with Crippen LogP contribution in [0.4, 0.5) is 0 Å². The van der Waals surface area contributed by atoms with E-state index in [1.165, 1.54) is 6.20 Å². The average molecular weight is 242 g/mol. The number of aromatic amines is 1. The molecule has 0 amide bonds. The molecule has 4 heteroatoms. The molecule has 0 aliphatic heterocycles. The number of rotatable bonds is 5. The summed E-state index contributed by atoms with van der Waals surface area (Å²) < 4.78 is 5.46. The number of H-pyrrole nitrogens is 1. The Bertz CT molecular complexity index is 576. The maximum absolute atomic E-state index is 11.3. The maximum atomic E-state index is 11.3. The minimum absolute atomic E-state index is 0.369. The predicted octanol–water partition coefficient (Wildman–Crippen LogP) is 1.93. The van der Waals surface area contributed by atoms with E-state index >= 15 is 0 Å². The molecule has 0 saturated carbocycles. The van der Waals surface area contributed by atoms with Gasteiger partial charge < -0.3 is 9.72 Å². The molecule has 1 N–H and O–H groups in total. The van der Waals surface area contributed by atoms with Gasteiger partial charge in [-0.15, -0.1) is 0 Å². The molecule has 1 aromatic carbocycles. The first-order valence-electron chi connectivity index (χ1n) is 5.66. The van der Waals surface area contributed by atoms with Crippen molar-refractivity contribution in [1.29, 1.82) is 0 Å². The van der Waals surface area contributed by atoms with E-state index < -0.39 is 0 Å². The summed E-state index contributed by atoms with van der Waals surface area (Å²) in [6.45, 7) is 3.97. The van der Waals surface area contributed by atoms with Crippen LogP contribution < -0.4 is 10.4 Å². The van der Waals surface area contributed by atoms with Crippen LogP contribution in [0.1, 0.15) is 11.3 Å². The number of nitrogens with one attached hydrogen (secondary N) is 1. The molecule has 0 spiro atoms. The van der Waals surface area contributed by atoms with Gasteiger partial charge >= 0.3 is 5.69 Å². The van der Waals surface area contributed by atoms with E-state index in [9.17, 15) is 4.79 Å². The molecular weight excluding hydrogens is 228 g/mol. The van der Waals surface area contributed by atoms with Crippen molar-refractivity contribution in [3.8, 4) is 5.75 Å². The maximum Gasteiger partial charge on any atom is 0.345 e. The van der Waals surface area contributed by atoms with Crippen molar-refractivity contribution >= 4 is 0 Å². The molecule has 0 atom stereocenters. The summed E-state index contributed by atoms with van der Waals surface area (Å²) in [5, 5.41) is 0. The largest absolute Gasteiger partial charge is 0.486 e. The van der Waals surface area contributed by atoms with Gasteiger partial charge in [-0.05, 0) is 5.56 Å². The van der Waals surface area contributed by atoms with E-state index in [0.717, 1.165) is 5.56 Å². The molecule has 1 heterocycles. The van der Waals surface area contributed by atoms with Gasteiger partial charge in [0.2, 0.25) is 0 Å². The lowest BCUT2D eigenvalue weighted by Gasteiger charge is -2.08. The Balaban J connectivity index is 2.27. The highest BCUT2D eigenvalue weighted by Gasteiger charge is 2.07. The Hall–Kier alpha value is -2.36. The Labute approximate surface area is 105 Å². The van der Waals surface area contributed by atoms with Gasteiger partial charge in [-0.1, -0.05) is 43.0 Å². The highest BCUT2D eigenvalue weighted by atomic mass is 16.5. The third-order valence-corrected chi connectivity index (χ3v) is 2.42. The lowest BCUT2D eigenvalue weighted by atomic mass is 10.1. The first kappa shape index (κ1) is 12.1. The second-order valence-electron chi connectivity index (χ2n) is 3.78. The minimum Gasteiger partial charge on any atom is -0.486 e. The third kappa shape index (κ3) is 3.07. The molecule has 0 saturated heterocycles. The highest BCUT2D eigenvalue weighted by Crippen LogP contribution is 2.16.